The molecule has 3 aromatic carbocycles. The molecule has 0 bridgehead atoms. The minimum Gasteiger partial charge on any atom is -0.102 e. The maximum Gasteiger partial charge on any atom is 0.0641 e. The van der Waals surface area contributed by atoms with E-state index in [0.717, 1.165) is 0 Å². The quantitative estimate of drug-likeness (QED) is 0.519. The van der Waals surface area contributed by atoms with Gasteiger partial charge in [-0.15, -0.1) is 6.58 Å². The molecule has 0 heteroatoms. The van der Waals surface area contributed by atoms with Gasteiger partial charge in [-0.2, -0.15) is 0 Å². The van der Waals surface area contributed by atoms with Crippen LogP contribution < -0.4 is 0 Å². The topological polar surface area (TPSA) is 0 Å². The first-order chi connectivity index (χ1) is 11.8. The van der Waals surface area contributed by atoms with Crippen LogP contribution in [0.1, 0.15) is 27.8 Å². The van der Waals surface area contributed by atoms with E-state index in [1.165, 1.54) is 33.4 Å². The second-order valence-electron chi connectivity index (χ2n) is 6.34. The minimum atomic E-state index is -0.302. The molecule has 1 atom stereocenters. The van der Waals surface area contributed by atoms with Crippen molar-refractivity contribution in [1.29, 1.82) is 0 Å². The van der Waals surface area contributed by atoms with E-state index in [1.807, 2.05) is 0 Å². The fourth-order valence-corrected chi connectivity index (χ4v) is 3.91. The molecule has 1 aliphatic rings. The van der Waals surface area contributed by atoms with Crippen LogP contribution in [0.4, 0.5) is 0 Å². The van der Waals surface area contributed by atoms with Crippen molar-refractivity contribution in [2.45, 2.75) is 12.3 Å². The zero-order chi connectivity index (χ0) is 16.6. The van der Waals surface area contributed by atoms with E-state index >= 15 is 0 Å². The van der Waals surface area contributed by atoms with Gasteiger partial charge in [0.2, 0.25) is 0 Å². The molecular weight excluding hydrogens is 288 g/mol. The molecule has 0 nitrogen and oxygen atoms in total. The molecule has 0 heterocycles. The average Bonchev–Trinajstić information content (AvgIpc) is 2.98. The Kier molecular flexibility index (Phi) is 3.46. The Balaban J connectivity index is 2.06. The molecule has 3 aromatic rings. The molecular formula is C24H20. The van der Waals surface area contributed by atoms with Gasteiger partial charge in [-0.3, -0.25) is 0 Å². The lowest BCUT2D eigenvalue weighted by molar-refractivity contribution is 0.854. The van der Waals surface area contributed by atoms with Gasteiger partial charge in [0, 0.05) is 0 Å². The van der Waals surface area contributed by atoms with Crippen LogP contribution in [0.3, 0.4) is 0 Å². The monoisotopic (exact) mass is 308 g/mol. The Labute approximate surface area is 143 Å². The summed E-state index contributed by atoms with van der Waals surface area (Å²) in [4.78, 5) is 0. The lowest BCUT2D eigenvalue weighted by atomic mass is 9.69. The number of fused-ring (bicyclic) bond motifs is 1. The first-order valence-corrected chi connectivity index (χ1v) is 8.34. The number of aryl methyl sites for hydroxylation is 1. The lowest BCUT2D eigenvalue weighted by Crippen LogP contribution is -2.25. The van der Waals surface area contributed by atoms with Crippen molar-refractivity contribution in [2.24, 2.45) is 0 Å². The van der Waals surface area contributed by atoms with Gasteiger partial charge in [0.05, 0.1) is 5.41 Å². The van der Waals surface area contributed by atoms with Gasteiger partial charge >= 0.3 is 0 Å². The standard InChI is InChI=1S/C24H20/c1-3-24(20-13-5-4-6-14-20)22-16-10-8-12-19(22)17-23(24)21-15-9-7-11-18(21)2/h3-17H,1H2,2H3. The van der Waals surface area contributed by atoms with Crippen LogP contribution in [0.25, 0.3) is 11.6 Å². The largest absolute Gasteiger partial charge is 0.102 e. The molecule has 0 saturated carbocycles. The number of hydrogen-bond donors (Lipinski definition) is 0. The number of allylic oxidation sites excluding steroid dienone is 2. The van der Waals surface area contributed by atoms with E-state index < -0.39 is 0 Å². The summed E-state index contributed by atoms with van der Waals surface area (Å²) in [5.41, 5.74) is 7.44. The van der Waals surface area contributed by atoms with E-state index in [2.05, 4.69) is 105 Å². The summed E-state index contributed by atoms with van der Waals surface area (Å²) < 4.78 is 0. The van der Waals surface area contributed by atoms with Crippen LogP contribution in [0.2, 0.25) is 0 Å². The van der Waals surface area contributed by atoms with Crippen LogP contribution in [0, 0.1) is 6.92 Å². The van der Waals surface area contributed by atoms with Crippen molar-refractivity contribution in [3.8, 4) is 0 Å². The Morgan fingerprint density at radius 3 is 2.21 bits per heavy atom. The molecule has 4 rings (SSSR count). The normalized spacial score (nSPS) is 18.8. The third kappa shape index (κ3) is 2.00. The number of benzene rings is 3. The molecule has 0 radical (unpaired) electrons. The Morgan fingerprint density at radius 2 is 1.46 bits per heavy atom. The zero-order valence-electron chi connectivity index (χ0n) is 13.9. The molecule has 0 amide bonds. The first-order valence-electron chi connectivity index (χ1n) is 8.34. The lowest BCUT2D eigenvalue weighted by Gasteiger charge is -2.32. The Bertz CT molecular complexity index is 931. The minimum absolute atomic E-state index is 0.302. The highest BCUT2D eigenvalue weighted by Gasteiger charge is 2.41. The van der Waals surface area contributed by atoms with Crippen molar-refractivity contribution in [2.75, 3.05) is 0 Å². The summed E-state index contributed by atoms with van der Waals surface area (Å²) >= 11 is 0. The summed E-state index contributed by atoms with van der Waals surface area (Å²) in [5.74, 6) is 0. The second kappa shape index (κ2) is 5.65. The first kappa shape index (κ1) is 14.7. The molecule has 0 N–H and O–H groups in total. The smallest absolute Gasteiger partial charge is 0.0641 e. The van der Waals surface area contributed by atoms with Crippen molar-refractivity contribution in [3.63, 3.8) is 0 Å². The third-order valence-electron chi connectivity index (χ3n) is 5.08. The molecule has 116 valence electrons. The summed E-state index contributed by atoms with van der Waals surface area (Å²) in [6.45, 7) is 6.43. The fourth-order valence-electron chi connectivity index (χ4n) is 3.91. The summed E-state index contributed by atoms with van der Waals surface area (Å²) in [5, 5.41) is 0. The Hall–Kier alpha value is -2.86. The van der Waals surface area contributed by atoms with Crippen LogP contribution in [-0.2, 0) is 5.41 Å². The highest BCUT2D eigenvalue weighted by molar-refractivity contribution is 5.99. The van der Waals surface area contributed by atoms with Gasteiger partial charge in [-0.05, 0) is 46.4 Å². The third-order valence-corrected chi connectivity index (χ3v) is 5.08. The summed E-state index contributed by atoms with van der Waals surface area (Å²) in [6.07, 6.45) is 4.43. The van der Waals surface area contributed by atoms with E-state index in [0.29, 0.717) is 0 Å². The van der Waals surface area contributed by atoms with Gasteiger partial charge in [0.15, 0.2) is 0 Å². The van der Waals surface area contributed by atoms with Gasteiger partial charge < -0.3 is 0 Å². The van der Waals surface area contributed by atoms with Gasteiger partial charge in [-0.25, -0.2) is 0 Å². The van der Waals surface area contributed by atoms with Crippen molar-refractivity contribution >= 4 is 11.6 Å². The van der Waals surface area contributed by atoms with Crippen LogP contribution in [0.5, 0.6) is 0 Å². The van der Waals surface area contributed by atoms with Crippen LogP contribution in [0.15, 0.2) is 91.5 Å². The molecule has 0 spiro atoms. The van der Waals surface area contributed by atoms with Crippen molar-refractivity contribution < 1.29 is 0 Å². The van der Waals surface area contributed by atoms with Gasteiger partial charge in [0.1, 0.15) is 0 Å². The van der Waals surface area contributed by atoms with Crippen LogP contribution in [-0.4, -0.2) is 0 Å². The second-order valence-corrected chi connectivity index (χ2v) is 6.34. The zero-order valence-corrected chi connectivity index (χ0v) is 13.9. The highest BCUT2D eigenvalue weighted by Crippen LogP contribution is 2.52. The van der Waals surface area contributed by atoms with Crippen molar-refractivity contribution in [1.82, 2.24) is 0 Å². The van der Waals surface area contributed by atoms with E-state index in [1.54, 1.807) is 0 Å². The molecule has 0 fully saturated rings. The average molecular weight is 308 g/mol. The molecule has 1 aliphatic carbocycles. The van der Waals surface area contributed by atoms with E-state index in [9.17, 15) is 0 Å². The Morgan fingerprint density at radius 1 is 0.792 bits per heavy atom. The molecule has 0 saturated heterocycles. The molecule has 0 aliphatic heterocycles. The molecule has 0 aromatic heterocycles. The SMILES string of the molecule is C=CC1(c2ccccc2)C(c2ccccc2C)=Cc2ccccc21. The van der Waals surface area contributed by atoms with E-state index in [-0.39, 0.29) is 5.41 Å². The summed E-state index contributed by atoms with van der Waals surface area (Å²) in [6, 6.07) is 28.0. The van der Waals surface area contributed by atoms with Gasteiger partial charge in [-0.1, -0.05) is 84.9 Å². The predicted octanol–water partition coefficient (Wildman–Crippen LogP) is 6.02. The molecule has 24 heavy (non-hydrogen) atoms. The van der Waals surface area contributed by atoms with Crippen molar-refractivity contribution in [3.05, 3.63) is 119 Å². The number of rotatable bonds is 3. The highest BCUT2D eigenvalue weighted by atomic mass is 14.4. The summed E-state index contributed by atoms with van der Waals surface area (Å²) in [7, 11) is 0. The maximum atomic E-state index is 4.25. The van der Waals surface area contributed by atoms with Gasteiger partial charge in [0.25, 0.3) is 0 Å². The van der Waals surface area contributed by atoms with Crippen LogP contribution >= 0.6 is 0 Å². The maximum absolute atomic E-state index is 4.25. The fraction of sp³-hybridized carbons (Fsp3) is 0.0833. The number of hydrogen-bond acceptors (Lipinski definition) is 0. The van der Waals surface area contributed by atoms with E-state index in [4.69, 9.17) is 0 Å². The molecule has 1 unspecified atom stereocenters. The predicted molar refractivity (Wildman–Crippen MR) is 103 cm³/mol.